The highest BCUT2D eigenvalue weighted by molar-refractivity contribution is 7.90. The molecule has 5 rings (SSSR count). The van der Waals surface area contributed by atoms with E-state index in [1.54, 1.807) is 60.7 Å². The summed E-state index contributed by atoms with van der Waals surface area (Å²) < 4.78 is 42.2. The average molecular weight is 670 g/mol. The lowest BCUT2D eigenvalue weighted by Crippen LogP contribution is -2.29. The molecule has 2 N–H and O–H groups in total. The summed E-state index contributed by atoms with van der Waals surface area (Å²) in [5.74, 6) is 1.65. The monoisotopic (exact) mass is 669 g/mol. The number of carboxylic acid groups (broad SMARTS) is 1. The number of rotatable bonds is 16. The van der Waals surface area contributed by atoms with Crippen LogP contribution >= 0.6 is 0 Å². The zero-order valence-electron chi connectivity index (χ0n) is 27.0. The second-order valence-electron chi connectivity index (χ2n) is 11.4. The van der Waals surface area contributed by atoms with Crippen molar-refractivity contribution >= 4 is 26.6 Å². The molecular weight excluding hydrogens is 630 g/mol. The minimum atomic E-state index is -3.33. The van der Waals surface area contributed by atoms with Gasteiger partial charge in [-0.25, -0.2) is 13.2 Å². The minimum absolute atomic E-state index is 0.150. The summed E-state index contributed by atoms with van der Waals surface area (Å²) in [7, 11) is -3.33. The van der Waals surface area contributed by atoms with Crippen molar-refractivity contribution in [3.05, 3.63) is 109 Å². The molecule has 0 aliphatic carbocycles. The van der Waals surface area contributed by atoms with E-state index in [0.717, 1.165) is 60.1 Å². The van der Waals surface area contributed by atoms with E-state index in [9.17, 15) is 18.3 Å². The number of carboxylic acids is 1. The largest absolute Gasteiger partial charge is 0.508 e. The van der Waals surface area contributed by atoms with Gasteiger partial charge in [0.15, 0.2) is 9.84 Å². The van der Waals surface area contributed by atoms with Gasteiger partial charge in [-0.2, -0.15) is 0 Å². The molecule has 9 nitrogen and oxygen atoms in total. The van der Waals surface area contributed by atoms with Crippen molar-refractivity contribution in [2.45, 2.75) is 24.7 Å². The molecule has 0 aliphatic heterocycles. The Morgan fingerprint density at radius 3 is 2.21 bits per heavy atom. The molecule has 48 heavy (non-hydrogen) atoms. The van der Waals surface area contributed by atoms with E-state index in [-0.39, 0.29) is 16.2 Å². The van der Waals surface area contributed by atoms with E-state index in [1.807, 2.05) is 36.4 Å². The topological polar surface area (TPSA) is 123 Å². The molecule has 0 saturated carbocycles. The van der Waals surface area contributed by atoms with Crippen molar-refractivity contribution in [3.63, 3.8) is 0 Å². The molecule has 10 heteroatoms. The van der Waals surface area contributed by atoms with Crippen molar-refractivity contribution in [1.29, 1.82) is 0 Å². The Morgan fingerprint density at radius 2 is 1.50 bits per heavy atom. The first kappa shape index (κ1) is 34.3. The Hall–Kier alpha value is -5.06. The summed E-state index contributed by atoms with van der Waals surface area (Å²) in [6, 6.07) is 29.5. The molecule has 0 bridgehead atoms. The number of sulfone groups is 1. The van der Waals surface area contributed by atoms with Gasteiger partial charge in [-0.15, -0.1) is 0 Å². The van der Waals surface area contributed by atoms with Gasteiger partial charge in [0, 0.05) is 23.8 Å². The second kappa shape index (κ2) is 15.7. The number of likely N-dealkylation sites (N-methyl/N-ethyl adjacent to an activating group) is 1. The number of ether oxygens (including phenoxy) is 3. The molecule has 0 aliphatic rings. The fourth-order valence-electron chi connectivity index (χ4n) is 5.30. The van der Waals surface area contributed by atoms with Crippen molar-refractivity contribution in [1.82, 2.24) is 4.90 Å². The van der Waals surface area contributed by atoms with Gasteiger partial charge >= 0.3 is 5.97 Å². The van der Waals surface area contributed by atoms with Crippen LogP contribution in [0.2, 0.25) is 0 Å². The molecule has 0 unspecified atom stereocenters. The van der Waals surface area contributed by atoms with Gasteiger partial charge < -0.3 is 29.3 Å². The van der Waals surface area contributed by atoms with Gasteiger partial charge in [0.25, 0.3) is 0 Å². The van der Waals surface area contributed by atoms with E-state index in [0.29, 0.717) is 30.5 Å². The maximum absolute atomic E-state index is 12.0. The molecule has 5 aromatic carbocycles. The predicted molar refractivity (Wildman–Crippen MR) is 186 cm³/mol. The summed E-state index contributed by atoms with van der Waals surface area (Å²) >= 11 is 0. The molecule has 0 aromatic heterocycles. The number of phenolic OH excluding ortho intramolecular Hbond substituents is 1. The molecule has 0 heterocycles. The van der Waals surface area contributed by atoms with Gasteiger partial charge in [0.1, 0.15) is 35.4 Å². The quantitative estimate of drug-likeness (QED) is 0.102. The van der Waals surface area contributed by atoms with Crippen molar-refractivity contribution in [2.24, 2.45) is 0 Å². The van der Waals surface area contributed by atoms with Crippen LogP contribution in [0.25, 0.3) is 21.9 Å². The summed E-state index contributed by atoms with van der Waals surface area (Å²) in [5, 5.41) is 20.8. The van der Waals surface area contributed by atoms with Crippen LogP contribution in [0.4, 0.5) is 0 Å². The molecular formula is C38H39NO8S. The third-order valence-corrected chi connectivity index (χ3v) is 9.06. The zero-order chi connectivity index (χ0) is 34.1. The third-order valence-electron chi connectivity index (χ3n) is 7.93. The van der Waals surface area contributed by atoms with Crippen LogP contribution in [-0.4, -0.2) is 68.6 Å². The van der Waals surface area contributed by atoms with Crippen molar-refractivity contribution < 1.29 is 37.6 Å². The Morgan fingerprint density at radius 1 is 0.771 bits per heavy atom. The number of carbonyl (C=O) groups is 1. The second-order valence-corrected chi connectivity index (χ2v) is 13.4. The molecule has 0 saturated heterocycles. The number of unbranched alkanes of at least 4 members (excludes halogenated alkanes) is 1. The van der Waals surface area contributed by atoms with E-state index >= 15 is 0 Å². The van der Waals surface area contributed by atoms with Crippen LogP contribution in [-0.2, 0) is 9.84 Å². The lowest BCUT2D eigenvalue weighted by atomic mass is 9.99. The van der Waals surface area contributed by atoms with Crippen LogP contribution in [0.5, 0.6) is 28.7 Å². The maximum Gasteiger partial charge on any atom is 0.335 e. The van der Waals surface area contributed by atoms with Crippen LogP contribution < -0.4 is 14.2 Å². The number of hydrogen-bond acceptors (Lipinski definition) is 8. The van der Waals surface area contributed by atoms with Crippen molar-refractivity contribution in [3.8, 4) is 39.9 Å². The molecule has 0 fully saturated rings. The molecule has 5 aromatic rings. The Labute approximate surface area is 280 Å². The number of nitrogens with zero attached hydrogens (tertiary/aromatic N) is 1. The summed E-state index contributed by atoms with van der Waals surface area (Å²) in [5.41, 5.74) is 1.79. The lowest BCUT2D eigenvalue weighted by Gasteiger charge is -2.20. The summed E-state index contributed by atoms with van der Waals surface area (Å²) in [6.45, 7) is 5.70. The molecule has 0 atom stereocenters. The minimum Gasteiger partial charge on any atom is -0.508 e. The third kappa shape index (κ3) is 9.05. The van der Waals surface area contributed by atoms with Gasteiger partial charge in [0.2, 0.25) is 0 Å². The van der Waals surface area contributed by atoms with Crippen LogP contribution in [0.1, 0.15) is 30.1 Å². The van der Waals surface area contributed by atoms with Gasteiger partial charge in [-0.05, 0) is 116 Å². The number of hydrogen-bond donors (Lipinski definition) is 2. The Kier molecular flexibility index (Phi) is 11.2. The smallest absolute Gasteiger partial charge is 0.335 e. The standard InChI is InChI=1S/C38H39NO8S/c1-3-39(21-4-5-23-45-33-8-6-7-29(26-33)38(41)42)22-24-46-31-13-15-32(16-14-31)47-37-35(19-11-28-25-30(40)12-20-36(28)37)27-9-17-34(18-10-27)48(2,43)44/h6-20,25-26,40H,3-5,21-24H2,1-2H3,(H,41,42). The normalized spacial score (nSPS) is 11.5. The van der Waals surface area contributed by atoms with Crippen LogP contribution in [0, 0.1) is 0 Å². The first-order valence-corrected chi connectivity index (χ1v) is 17.7. The average Bonchev–Trinajstić information content (AvgIpc) is 3.08. The molecule has 0 radical (unpaired) electrons. The van der Waals surface area contributed by atoms with Crippen LogP contribution in [0.15, 0.2) is 108 Å². The van der Waals surface area contributed by atoms with Crippen LogP contribution in [0.3, 0.4) is 0 Å². The summed E-state index contributed by atoms with van der Waals surface area (Å²) in [4.78, 5) is 13.7. The number of fused-ring (bicyclic) bond motifs is 1. The predicted octanol–water partition coefficient (Wildman–Crippen LogP) is 7.67. The Balaban J connectivity index is 1.16. The number of aromatic hydroxyl groups is 1. The summed E-state index contributed by atoms with van der Waals surface area (Å²) in [6.07, 6.45) is 2.97. The maximum atomic E-state index is 12.0. The van der Waals surface area contributed by atoms with E-state index in [4.69, 9.17) is 19.3 Å². The number of benzene rings is 5. The fraction of sp³-hybridized carbons (Fsp3) is 0.237. The highest BCUT2D eigenvalue weighted by Gasteiger charge is 2.15. The van der Waals surface area contributed by atoms with Gasteiger partial charge in [-0.3, -0.25) is 0 Å². The highest BCUT2D eigenvalue weighted by Crippen LogP contribution is 2.41. The first-order valence-electron chi connectivity index (χ1n) is 15.8. The SMILES string of the molecule is CCN(CCCCOc1cccc(C(=O)O)c1)CCOc1ccc(Oc2c(-c3ccc(S(C)(=O)=O)cc3)ccc3cc(O)ccc23)cc1. The number of aromatic carboxylic acids is 1. The Bertz CT molecular complexity index is 1960. The highest BCUT2D eigenvalue weighted by atomic mass is 32.2. The molecule has 0 amide bonds. The first-order chi connectivity index (χ1) is 23.1. The molecule has 250 valence electrons. The fourth-order valence-corrected chi connectivity index (χ4v) is 5.93. The van der Waals surface area contributed by atoms with E-state index in [2.05, 4.69) is 11.8 Å². The van der Waals surface area contributed by atoms with E-state index < -0.39 is 15.8 Å². The zero-order valence-corrected chi connectivity index (χ0v) is 27.8. The number of phenols is 1. The molecule has 0 spiro atoms. The van der Waals surface area contributed by atoms with E-state index in [1.165, 1.54) is 12.3 Å². The van der Waals surface area contributed by atoms with Gasteiger partial charge in [-0.1, -0.05) is 31.2 Å². The van der Waals surface area contributed by atoms with Gasteiger partial charge in [0.05, 0.1) is 17.1 Å². The van der Waals surface area contributed by atoms with Crippen molar-refractivity contribution in [2.75, 3.05) is 39.1 Å². The lowest BCUT2D eigenvalue weighted by molar-refractivity contribution is 0.0696.